The van der Waals surface area contributed by atoms with Crippen molar-refractivity contribution >= 4 is 27.7 Å². The van der Waals surface area contributed by atoms with Crippen molar-refractivity contribution in [2.45, 2.75) is 6.92 Å². The molecule has 2 aromatic rings. The van der Waals surface area contributed by atoms with E-state index in [2.05, 4.69) is 20.9 Å². The van der Waals surface area contributed by atoms with Crippen molar-refractivity contribution in [1.29, 1.82) is 0 Å². The summed E-state index contributed by atoms with van der Waals surface area (Å²) >= 11 is 3.35. The van der Waals surface area contributed by atoms with Crippen LogP contribution >= 0.6 is 15.9 Å². The SMILES string of the molecule is CCOC(=O)c1c(N)ncn1-c1ccc(Br)cc1. The van der Waals surface area contributed by atoms with E-state index in [-0.39, 0.29) is 11.5 Å². The normalized spacial score (nSPS) is 10.3. The molecule has 0 atom stereocenters. The monoisotopic (exact) mass is 309 g/mol. The number of benzene rings is 1. The van der Waals surface area contributed by atoms with E-state index in [0.29, 0.717) is 6.61 Å². The number of halogens is 1. The number of nitrogen functional groups attached to an aromatic ring is 1. The zero-order valence-electron chi connectivity index (χ0n) is 9.76. The van der Waals surface area contributed by atoms with E-state index in [4.69, 9.17) is 10.5 Å². The molecule has 0 saturated carbocycles. The Morgan fingerprint density at radius 1 is 1.44 bits per heavy atom. The van der Waals surface area contributed by atoms with Crippen LogP contribution in [0.2, 0.25) is 0 Å². The lowest BCUT2D eigenvalue weighted by Crippen LogP contribution is -2.12. The molecular formula is C12H12BrN3O2. The number of nitrogens with zero attached hydrogens (tertiary/aromatic N) is 2. The van der Waals surface area contributed by atoms with Gasteiger partial charge >= 0.3 is 5.97 Å². The van der Waals surface area contributed by atoms with E-state index in [0.717, 1.165) is 10.2 Å². The molecule has 6 heteroatoms. The number of esters is 1. The minimum Gasteiger partial charge on any atom is -0.461 e. The Morgan fingerprint density at radius 3 is 2.72 bits per heavy atom. The van der Waals surface area contributed by atoms with Crippen molar-refractivity contribution in [2.75, 3.05) is 12.3 Å². The Bertz CT molecular complexity index is 563. The summed E-state index contributed by atoms with van der Waals surface area (Å²) in [5.74, 6) is -0.313. The summed E-state index contributed by atoms with van der Waals surface area (Å²) in [6.07, 6.45) is 1.50. The number of hydrogen-bond acceptors (Lipinski definition) is 4. The maximum atomic E-state index is 11.8. The quantitative estimate of drug-likeness (QED) is 0.884. The molecule has 0 bridgehead atoms. The highest BCUT2D eigenvalue weighted by Gasteiger charge is 2.18. The number of nitrogens with two attached hydrogens (primary N) is 1. The van der Waals surface area contributed by atoms with Crippen molar-refractivity contribution in [3.63, 3.8) is 0 Å². The molecule has 2 rings (SSSR count). The van der Waals surface area contributed by atoms with Gasteiger partial charge in [0.05, 0.1) is 6.61 Å². The van der Waals surface area contributed by atoms with Gasteiger partial charge in [0.2, 0.25) is 0 Å². The topological polar surface area (TPSA) is 70.1 Å². The van der Waals surface area contributed by atoms with Crippen LogP contribution in [0.3, 0.4) is 0 Å². The lowest BCUT2D eigenvalue weighted by atomic mass is 10.3. The van der Waals surface area contributed by atoms with E-state index in [1.165, 1.54) is 6.33 Å². The summed E-state index contributed by atoms with van der Waals surface area (Å²) < 4.78 is 7.53. The molecule has 5 nitrogen and oxygen atoms in total. The fourth-order valence-electron chi connectivity index (χ4n) is 1.56. The molecule has 1 aromatic carbocycles. The van der Waals surface area contributed by atoms with Crippen molar-refractivity contribution in [1.82, 2.24) is 9.55 Å². The van der Waals surface area contributed by atoms with Gasteiger partial charge in [0.15, 0.2) is 11.5 Å². The highest BCUT2D eigenvalue weighted by molar-refractivity contribution is 9.10. The largest absolute Gasteiger partial charge is 0.461 e. The molecule has 0 unspecified atom stereocenters. The first kappa shape index (κ1) is 12.6. The average Bonchev–Trinajstić information content (AvgIpc) is 2.72. The molecule has 0 fully saturated rings. The molecule has 0 saturated heterocycles. The van der Waals surface area contributed by atoms with Crippen LogP contribution in [0.25, 0.3) is 5.69 Å². The predicted molar refractivity (Wildman–Crippen MR) is 71.6 cm³/mol. The van der Waals surface area contributed by atoms with Gasteiger partial charge in [-0.1, -0.05) is 15.9 Å². The Labute approximate surface area is 113 Å². The maximum absolute atomic E-state index is 11.8. The highest BCUT2D eigenvalue weighted by atomic mass is 79.9. The fraction of sp³-hybridized carbons (Fsp3) is 0.167. The number of aromatic nitrogens is 2. The van der Waals surface area contributed by atoms with Crippen LogP contribution < -0.4 is 5.73 Å². The van der Waals surface area contributed by atoms with Gasteiger partial charge in [-0.05, 0) is 31.2 Å². The van der Waals surface area contributed by atoms with Gasteiger partial charge in [-0.25, -0.2) is 9.78 Å². The van der Waals surface area contributed by atoms with Gasteiger partial charge in [-0.2, -0.15) is 0 Å². The van der Waals surface area contributed by atoms with Gasteiger partial charge in [-0.3, -0.25) is 4.57 Å². The van der Waals surface area contributed by atoms with E-state index in [9.17, 15) is 4.79 Å². The Hall–Kier alpha value is -1.82. The molecule has 18 heavy (non-hydrogen) atoms. The van der Waals surface area contributed by atoms with E-state index < -0.39 is 5.97 Å². The number of ether oxygens (including phenoxy) is 1. The van der Waals surface area contributed by atoms with Gasteiger partial charge in [0.25, 0.3) is 0 Å². The minimum absolute atomic E-state index is 0.163. The van der Waals surface area contributed by atoms with Crippen molar-refractivity contribution in [3.8, 4) is 5.69 Å². The molecule has 0 radical (unpaired) electrons. The Kier molecular flexibility index (Phi) is 3.66. The van der Waals surface area contributed by atoms with E-state index in [1.807, 2.05) is 24.3 Å². The Morgan fingerprint density at radius 2 is 2.11 bits per heavy atom. The van der Waals surface area contributed by atoms with Gasteiger partial charge in [0.1, 0.15) is 6.33 Å². The van der Waals surface area contributed by atoms with Crippen LogP contribution in [0, 0.1) is 0 Å². The van der Waals surface area contributed by atoms with Crippen molar-refractivity contribution < 1.29 is 9.53 Å². The van der Waals surface area contributed by atoms with Gasteiger partial charge in [0, 0.05) is 10.2 Å². The summed E-state index contributed by atoms with van der Waals surface area (Å²) in [4.78, 5) is 15.8. The molecule has 0 amide bonds. The molecule has 1 heterocycles. The third-order valence-electron chi connectivity index (χ3n) is 2.37. The molecule has 1 aromatic heterocycles. The van der Waals surface area contributed by atoms with E-state index in [1.54, 1.807) is 11.5 Å². The summed E-state index contributed by atoms with van der Waals surface area (Å²) in [5, 5.41) is 0. The zero-order chi connectivity index (χ0) is 13.1. The van der Waals surface area contributed by atoms with Crippen molar-refractivity contribution in [3.05, 3.63) is 40.8 Å². The van der Waals surface area contributed by atoms with Gasteiger partial charge < -0.3 is 10.5 Å². The average molecular weight is 310 g/mol. The van der Waals surface area contributed by atoms with E-state index >= 15 is 0 Å². The molecule has 0 aliphatic carbocycles. The lowest BCUT2D eigenvalue weighted by Gasteiger charge is -2.08. The molecule has 94 valence electrons. The first-order chi connectivity index (χ1) is 8.63. The van der Waals surface area contributed by atoms with Crippen LogP contribution in [0.5, 0.6) is 0 Å². The van der Waals surface area contributed by atoms with Crippen LogP contribution in [-0.2, 0) is 4.74 Å². The third kappa shape index (κ3) is 2.38. The second kappa shape index (κ2) is 5.22. The molecule has 2 N–H and O–H groups in total. The van der Waals surface area contributed by atoms with Crippen LogP contribution in [0.4, 0.5) is 5.82 Å². The van der Waals surface area contributed by atoms with Crippen LogP contribution in [-0.4, -0.2) is 22.1 Å². The number of hydrogen-bond donors (Lipinski definition) is 1. The first-order valence-corrected chi connectivity index (χ1v) is 6.18. The highest BCUT2D eigenvalue weighted by Crippen LogP contribution is 2.19. The third-order valence-corrected chi connectivity index (χ3v) is 2.90. The minimum atomic E-state index is -0.476. The van der Waals surface area contributed by atoms with Crippen LogP contribution in [0.1, 0.15) is 17.4 Å². The number of carbonyl (C=O) groups is 1. The first-order valence-electron chi connectivity index (χ1n) is 5.39. The van der Waals surface area contributed by atoms with Gasteiger partial charge in [-0.15, -0.1) is 0 Å². The number of imidazole rings is 1. The second-order valence-corrected chi connectivity index (χ2v) is 4.46. The van der Waals surface area contributed by atoms with Crippen molar-refractivity contribution in [2.24, 2.45) is 0 Å². The molecular weight excluding hydrogens is 298 g/mol. The number of anilines is 1. The summed E-state index contributed by atoms with van der Waals surface area (Å²) in [7, 11) is 0. The standard InChI is InChI=1S/C12H12BrN3O2/c1-2-18-12(17)10-11(14)15-7-16(10)9-5-3-8(13)4-6-9/h3-7H,2,14H2,1H3. The predicted octanol–water partition coefficient (Wildman–Crippen LogP) is 2.39. The zero-order valence-corrected chi connectivity index (χ0v) is 11.3. The molecule has 0 aliphatic rings. The summed E-state index contributed by atoms with van der Waals surface area (Å²) in [6.45, 7) is 2.04. The van der Waals surface area contributed by atoms with Crippen LogP contribution in [0.15, 0.2) is 35.1 Å². The Balaban J connectivity index is 2.45. The fourth-order valence-corrected chi connectivity index (χ4v) is 1.83. The summed E-state index contributed by atoms with van der Waals surface area (Å²) in [6, 6.07) is 7.46. The number of carbonyl (C=O) groups excluding carboxylic acids is 1. The summed E-state index contributed by atoms with van der Waals surface area (Å²) in [5.41, 5.74) is 6.74. The lowest BCUT2D eigenvalue weighted by molar-refractivity contribution is 0.0518. The molecule has 0 aliphatic heterocycles. The maximum Gasteiger partial charge on any atom is 0.359 e. The smallest absolute Gasteiger partial charge is 0.359 e. The molecule has 0 spiro atoms. The number of rotatable bonds is 3. The second-order valence-electron chi connectivity index (χ2n) is 3.55.